The number of carbonyl (C=O) groups excluding carboxylic acids is 1. The SMILES string of the molecule is Cc1ccc(C(O)CNCc2ccccc2OCC(=O)N2CCCC2)cc1. The summed E-state index contributed by atoms with van der Waals surface area (Å²) in [6.07, 6.45) is 1.60. The summed E-state index contributed by atoms with van der Waals surface area (Å²) in [6.45, 7) is 4.79. The minimum Gasteiger partial charge on any atom is -0.483 e. The molecule has 27 heavy (non-hydrogen) atoms. The Balaban J connectivity index is 1.49. The van der Waals surface area contributed by atoms with E-state index in [1.807, 2.05) is 60.4 Å². The van der Waals surface area contributed by atoms with E-state index in [0.29, 0.717) is 18.8 Å². The number of amides is 1. The van der Waals surface area contributed by atoms with Crippen molar-refractivity contribution in [1.82, 2.24) is 10.2 Å². The number of nitrogens with zero attached hydrogens (tertiary/aromatic N) is 1. The van der Waals surface area contributed by atoms with Gasteiger partial charge in [-0.3, -0.25) is 4.79 Å². The third-order valence-corrected chi connectivity index (χ3v) is 4.90. The van der Waals surface area contributed by atoms with Crippen molar-refractivity contribution in [3.8, 4) is 5.75 Å². The highest BCUT2D eigenvalue weighted by Crippen LogP contribution is 2.19. The third-order valence-electron chi connectivity index (χ3n) is 4.90. The van der Waals surface area contributed by atoms with Crippen LogP contribution in [-0.2, 0) is 11.3 Å². The summed E-state index contributed by atoms with van der Waals surface area (Å²) in [5.74, 6) is 0.757. The fourth-order valence-electron chi connectivity index (χ4n) is 3.24. The standard InChI is InChI=1S/C22H28N2O3/c1-17-8-10-18(11-9-17)20(25)15-23-14-19-6-2-3-7-21(19)27-16-22(26)24-12-4-5-13-24/h2-3,6-11,20,23,25H,4-5,12-16H2,1H3. The van der Waals surface area contributed by atoms with E-state index in [2.05, 4.69) is 5.32 Å². The molecule has 5 heteroatoms. The van der Waals surface area contributed by atoms with Crippen LogP contribution in [0.3, 0.4) is 0 Å². The zero-order chi connectivity index (χ0) is 19.1. The van der Waals surface area contributed by atoms with Gasteiger partial charge in [-0.05, 0) is 31.4 Å². The first kappa shape index (κ1) is 19.4. The summed E-state index contributed by atoms with van der Waals surface area (Å²) >= 11 is 0. The van der Waals surface area contributed by atoms with Gasteiger partial charge >= 0.3 is 0 Å². The summed E-state index contributed by atoms with van der Waals surface area (Å²) in [6, 6.07) is 15.6. The van der Waals surface area contributed by atoms with E-state index >= 15 is 0 Å². The molecule has 144 valence electrons. The van der Waals surface area contributed by atoms with E-state index in [1.54, 1.807) is 0 Å². The lowest BCUT2D eigenvalue weighted by Gasteiger charge is -2.17. The Hall–Kier alpha value is -2.37. The summed E-state index contributed by atoms with van der Waals surface area (Å²) in [5.41, 5.74) is 3.05. The second-order valence-corrected chi connectivity index (χ2v) is 7.04. The lowest BCUT2D eigenvalue weighted by atomic mass is 10.1. The van der Waals surface area contributed by atoms with Crippen LogP contribution in [0.15, 0.2) is 48.5 Å². The molecule has 0 saturated carbocycles. The maximum atomic E-state index is 12.2. The van der Waals surface area contributed by atoms with Crippen molar-refractivity contribution in [3.63, 3.8) is 0 Å². The Labute approximate surface area is 161 Å². The fraction of sp³-hybridized carbons (Fsp3) is 0.409. The number of ether oxygens (including phenoxy) is 1. The second-order valence-electron chi connectivity index (χ2n) is 7.04. The summed E-state index contributed by atoms with van der Waals surface area (Å²) in [5, 5.41) is 13.6. The van der Waals surface area contributed by atoms with Gasteiger partial charge in [-0.25, -0.2) is 0 Å². The Kier molecular flexibility index (Phi) is 6.85. The lowest BCUT2D eigenvalue weighted by Crippen LogP contribution is -2.32. The molecule has 1 aliphatic heterocycles. The molecule has 1 unspecified atom stereocenters. The van der Waals surface area contributed by atoms with Crippen LogP contribution in [0.5, 0.6) is 5.75 Å². The number of benzene rings is 2. The number of carbonyl (C=O) groups is 1. The van der Waals surface area contributed by atoms with Crippen LogP contribution >= 0.6 is 0 Å². The number of nitrogens with one attached hydrogen (secondary N) is 1. The highest BCUT2D eigenvalue weighted by Gasteiger charge is 2.18. The van der Waals surface area contributed by atoms with E-state index in [1.165, 1.54) is 5.56 Å². The molecule has 0 aromatic heterocycles. The topological polar surface area (TPSA) is 61.8 Å². The van der Waals surface area contributed by atoms with Crippen molar-refractivity contribution >= 4 is 5.91 Å². The van der Waals surface area contributed by atoms with Gasteiger partial charge in [0.15, 0.2) is 6.61 Å². The van der Waals surface area contributed by atoms with Crippen LogP contribution in [0.2, 0.25) is 0 Å². The van der Waals surface area contributed by atoms with Gasteiger partial charge in [-0.15, -0.1) is 0 Å². The first-order chi connectivity index (χ1) is 13.1. The molecule has 2 aromatic rings. The average molecular weight is 368 g/mol. The number of aliphatic hydroxyl groups is 1. The van der Waals surface area contributed by atoms with Crippen LogP contribution in [0.4, 0.5) is 0 Å². The maximum absolute atomic E-state index is 12.2. The normalized spacial score (nSPS) is 15.0. The van der Waals surface area contributed by atoms with Crippen molar-refractivity contribution in [2.75, 3.05) is 26.2 Å². The highest BCUT2D eigenvalue weighted by molar-refractivity contribution is 5.78. The van der Waals surface area contributed by atoms with Gasteiger partial charge in [0.25, 0.3) is 5.91 Å². The molecule has 2 aromatic carbocycles. The fourth-order valence-corrected chi connectivity index (χ4v) is 3.24. The summed E-state index contributed by atoms with van der Waals surface area (Å²) < 4.78 is 5.77. The van der Waals surface area contributed by atoms with Crippen LogP contribution in [0.1, 0.15) is 35.6 Å². The predicted molar refractivity (Wildman–Crippen MR) is 106 cm³/mol. The Morgan fingerprint density at radius 1 is 1.15 bits per heavy atom. The molecule has 2 N–H and O–H groups in total. The number of likely N-dealkylation sites (tertiary alicyclic amines) is 1. The number of aryl methyl sites for hydroxylation is 1. The Bertz CT molecular complexity index is 739. The molecule has 0 bridgehead atoms. The minimum atomic E-state index is -0.560. The molecular formula is C22H28N2O3. The van der Waals surface area contributed by atoms with Gasteiger partial charge in [0.1, 0.15) is 5.75 Å². The van der Waals surface area contributed by atoms with E-state index in [0.717, 1.165) is 37.1 Å². The lowest BCUT2D eigenvalue weighted by molar-refractivity contribution is -0.132. The van der Waals surface area contributed by atoms with Gasteiger partial charge in [-0.1, -0.05) is 48.0 Å². The van der Waals surface area contributed by atoms with E-state index in [-0.39, 0.29) is 12.5 Å². The number of para-hydroxylation sites is 1. The number of rotatable bonds is 8. The van der Waals surface area contributed by atoms with E-state index < -0.39 is 6.10 Å². The quantitative estimate of drug-likeness (QED) is 0.752. The summed E-state index contributed by atoms with van der Waals surface area (Å²) in [4.78, 5) is 14.0. The molecule has 1 aliphatic rings. The van der Waals surface area contributed by atoms with E-state index in [4.69, 9.17) is 4.74 Å². The molecule has 1 heterocycles. The number of hydrogen-bond acceptors (Lipinski definition) is 4. The third kappa shape index (κ3) is 5.55. The number of hydrogen-bond donors (Lipinski definition) is 2. The van der Waals surface area contributed by atoms with Gasteiger partial charge in [0.05, 0.1) is 6.10 Å². The van der Waals surface area contributed by atoms with Crippen molar-refractivity contribution in [1.29, 1.82) is 0 Å². The van der Waals surface area contributed by atoms with Crippen molar-refractivity contribution < 1.29 is 14.6 Å². The average Bonchev–Trinajstić information content (AvgIpc) is 3.22. The van der Waals surface area contributed by atoms with E-state index in [9.17, 15) is 9.90 Å². The molecule has 5 nitrogen and oxygen atoms in total. The monoisotopic (exact) mass is 368 g/mol. The molecule has 1 saturated heterocycles. The summed E-state index contributed by atoms with van der Waals surface area (Å²) in [7, 11) is 0. The molecule has 1 amide bonds. The number of aliphatic hydroxyl groups excluding tert-OH is 1. The largest absolute Gasteiger partial charge is 0.483 e. The van der Waals surface area contributed by atoms with Gasteiger partial charge in [-0.2, -0.15) is 0 Å². The Morgan fingerprint density at radius 2 is 1.85 bits per heavy atom. The maximum Gasteiger partial charge on any atom is 0.260 e. The van der Waals surface area contributed by atoms with Crippen molar-refractivity contribution in [2.24, 2.45) is 0 Å². The predicted octanol–water partition coefficient (Wildman–Crippen LogP) is 2.82. The smallest absolute Gasteiger partial charge is 0.260 e. The van der Waals surface area contributed by atoms with Gasteiger partial charge in [0, 0.05) is 31.7 Å². The molecule has 1 fully saturated rings. The van der Waals surface area contributed by atoms with Crippen LogP contribution in [0, 0.1) is 6.92 Å². The molecular weight excluding hydrogens is 340 g/mol. The van der Waals surface area contributed by atoms with Crippen LogP contribution < -0.4 is 10.1 Å². The van der Waals surface area contributed by atoms with Crippen molar-refractivity contribution in [2.45, 2.75) is 32.4 Å². The Morgan fingerprint density at radius 3 is 2.59 bits per heavy atom. The first-order valence-corrected chi connectivity index (χ1v) is 9.57. The molecule has 0 aliphatic carbocycles. The zero-order valence-corrected chi connectivity index (χ0v) is 15.9. The van der Waals surface area contributed by atoms with Gasteiger partial charge < -0.3 is 20.1 Å². The zero-order valence-electron chi connectivity index (χ0n) is 15.9. The molecule has 0 spiro atoms. The highest BCUT2D eigenvalue weighted by atomic mass is 16.5. The van der Waals surface area contributed by atoms with Crippen molar-refractivity contribution in [3.05, 3.63) is 65.2 Å². The van der Waals surface area contributed by atoms with Crippen LogP contribution in [-0.4, -0.2) is 42.2 Å². The second kappa shape index (κ2) is 9.53. The molecule has 1 atom stereocenters. The van der Waals surface area contributed by atoms with Crippen LogP contribution in [0.25, 0.3) is 0 Å². The first-order valence-electron chi connectivity index (χ1n) is 9.57. The van der Waals surface area contributed by atoms with Gasteiger partial charge in [0.2, 0.25) is 0 Å². The minimum absolute atomic E-state index is 0.0463. The molecule has 0 radical (unpaired) electrons. The molecule has 3 rings (SSSR count).